The average molecular weight is 400 g/mol. The molecule has 2 heterocycles. The Morgan fingerprint density at radius 2 is 1.93 bits per heavy atom. The van der Waals surface area contributed by atoms with Crippen molar-refractivity contribution in [1.29, 1.82) is 0 Å². The Bertz CT molecular complexity index is 932. The maximum atomic E-state index is 12.7. The summed E-state index contributed by atoms with van der Waals surface area (Å²) in [6, 6.07) is 10.2. The van der Waals surface area contributed by atoms with Gasteiger partial charge in [-0.05, 0) is 68.1 Å². The minimum Gasteiger partial charge on any atom is -0.497 e. The molecule has 7 nitrogen and oxygen atoms in total. The van der Waals surface area contributed by atoms with E-state index in [2.05, 4.69) is 0 Å². The summed E-state index contributed by atoms with van der Waals surface area (Å²) in [5.74, 6) is -0.364. The molecule has 1 atom stereocenters. The SMILES string of the molecule is CCOC(=O)C(C)N1C(=O)SC(=Cc2cccn2-c2ccc(OC)cc2)C1=O. The number of nitrogens with zero attached hydrogens (tertiary/aromatic N) is 2. The monoisotopic (exact) mass is 400 g/mol. The van der Waals surface area contributed by atoms with Crippen molar-refractivity contribution in [2.24, 2.45) is 0 Å². The molecule has 1 aromatic heterocycles. The third-order valence-corrected chi connectivity index (χ3v) is 5.13. The van der Waals surface area contributed by atoms with E-state index in [0.29, 0.717) is 0 Å². The topological polar surface area (TPSA) is 77.8 Å². The Morgan fingerprint density at radius 3 is 2.57 bits per heavy atom. The first-order chi connectivity index (χ1) is 13.5. The number of ether oxygens (including phenoxy) is 2. The largest absolute Gasteiger partial charge is 0.497 e. The van der Waals surface area contributed by atoms with E-state index in [1.165, 1.54) is 6.92 Å². The zero-order chi connectivity index (χ0) is 20.3. The molecular weight excluding hydrogens is 380 g/mol. The molecule has 0 saturated carbocycles. The van der Waals surface area contributed by atoms with Gasteiger partial charge < -0.3 is 14.0 Å². The molecule has 0 aliphatic carbocycles. The van der Waals surface area contributed by atoms with Gasteiger partial charge in [-0.25, -0.2) is 4.79 Å². The van der Waals surface area contributed by atoms with Crippen LogP contribution in [0, 0.1) is 0 Å². The quantitative estimate of drug-likeness (QED) is 0.546. The fourth-order valence-electron chi connectivity index (χ4n) is 2.81. The molecule has 1 saturated heterocycles. The number of hydrogen-bond donors (Lipinski definition) is 0. The maximum Gasteiger partial charge on any atom is 0.329 e. The van der Waals surface area contributed by atoms with Gasteiger partial charge in [-0.1, -0.05) is 0 Å². The third-order valence-electron chi connectivity index (χ3n) is 4.25. The number of rotatable bonds is 6. The van der Waals surface area contributed by atoms with Crippen molar-refractivity contribution in [2.45, 2.75) is 19.9 Å². The molecule has 8 heteroatoms. The van der Waals surface area contributed by atoms with E-state index in [-0.39, 0.29) is 11.5 Å². The molecule has 2 aromatic rings. The predicted octanol–water partition coefficient (Wildman–Crippen LogP) is 3.47. The van der Waals surface area contributed by atoms with E-state index in [4.69, 9.17) is 9.47 Å². The van der Waals surface area contributed by atoms with Crippen LogP contribution in [0.1, 0.15) is 19.5 Å². The molecule has 0 spiro atoms. The first-order valence-electron chi connectivity index (χ1n) is 8.71. The minimum absolute atomic E-state index is 0.185. The van der Waals surface area contributed by atoms with Gasteiger partial charge in [0.05, 0.1) is 18.6 Å². The molecular formula is C20H20N2O5S. The lowest BCUT2D eigenvalue weighted by molar-refractivity contribution is -0.150. The van der Waals surface area contributed by atoms with Gasteiger partial charge in [0.15, 0.2) is 0 Å². The van der Waals surface area contributed by atoms with E-state index in [0.717, 1.165) is 33.8 Å². The van der Waals surface area contributed by atoms with Crippen LogP contribution in [0.4, 0.5) is 4.79 Å². The highest BCUT2D eigenvalue weighted by atomic mass is 32.2. The number of benzene rings is 1. The smallest absolute Gasteiger partial charge is 0.329 e. The maximum absolute atomic E-state index is 12.7. The molecule has 1 unspecified atom stereocenters. The van der Waals surface area contributed by atoms with Crippen molar-refractivity contribution in [2.75, 3.05) is 13.7 Å². The van der Waals surface area contributed by atoms with Gasteiger partial charge in [0, 0.05) is 17.6 Å². The van der Waals surface area contributed by atoms with E-state index < -0.39 is 23.2 Å². The van der Waals surface area contributed by atoms with Gasteiger partial charge in [0.2, 0.25) is 0 Å². The minimum atomic E-state index is -0.966. The molecule has 1 fully saturated rings. The summed E-state index contributed by atoms with van der Waals surface area (Å²) < 4.78 is 12.0. The van der Waals surface area contributed by atoms with Gasteiger partial charge in [0.25, 0.3) is 11.1 Å². The highest BCUT2D eigenvalue weighted by molar-refractivity contribution is 8.18. The summed E-state index contributed by atoms with van der Waals surface area (Å²) in [5.41, 5.74) is 1.62. The van der Waals surface area contributed by atoms with Gasteiger partial charge in [-0.2, -0.15) is 0 Å². The lowest BCUT2D eigenvalue weighted by Gasteiger charge is -2.19. The van der Waals surface area contributed by atoms with Crippen LogP contribution in [0.3, 0.4) is 0 Å². The van der Waals surface area contributed by atoms with Crippen molar-refractivity contribution in [3.8, 4) is 11.4 Å². The number of hydrogen-bond acceptors (Lipinski definition) is 6. The molecule has 1 aliphatic rings. The summed E-state index contributed by atoms with van der Waals surface area (Å²) in [4.78, 5) is 38.1. The van der Waals surface area contributed by atoms with E-state index in [1.54, 1.807) is 20.1 Å². The van der Waals surface area contributed by atoms with Crippen molar-refractivity contribution in [3.05, 3.63) is 53.2 Å². The molecule has 1 aliphatic heterocycles. The van der Waals surface area contributed by atoms with Crippen molar-refractivity contribution >= 4 is 35.0 Å². The summed E-state index contributed by atoms with van der Waals surface area (Å²) in [6.07, 6.45) is 3.51. The highest BCUT2D eigenvalue weighted by Gasteiger charge is 2.41. The summed E-state index contributed by atoms with van der Waals surface area (Å²) in [6.45, 7) is 3.34. The number of aromatic nitrogens is 1. The van der Waals surface area contributed by atoms with Gasteiger partial charge in [0.1, 0.15) is 11.8 Å². The van der Waals surface area contributed by atoms with Gasteiger partial charge in [-0.15, -0.1) is 0 Å². The van der Waals surface area contributed by atoms with E-state index in [9.17, 15) is 14.4 Å². The molecule has 2 amide bonds. The van der Waals surface area contributed by atoms with Crippen LogP contribution in [-0.4, -0.2) is 46.3 Å². The Kier molecular flexibility index (Phi) is 5.89. The van der Waals surface area contributed by atoms with E-state index >= 15 is 0 Å². The van der Waals surface area contributed by atoms with Crippen LogP contribution in [-0.2, 0) is 14.3 Å². The number of thioether (sulfide) groups is 1. The second kappa shape index (κ2) is 8.35. The third kappa shape index (κ3) is 3.82. The number of amides is 2. The van der Waals surface area contributed by atoms with Crippen molar-refractivity contribution < 1.29 is 23.9 Å². The number of esters is 1. The van der Waals surface area contributed by atoms with Crippen molar-refractivity contribution in [1.82, 2.24) is 9.47 Å². The number of imide groups is 1. The van der Waals surface area contributed by atoms with Crippen LogP contribution < -0.4 is 4.74 Å². The molecule has 1 aromatic carbocycles. The first kappa shape index (κ1) is 19.8. The number of carbonyl (C=O) groups is 3. The molecule has 28 heavy (non-hydrogen) atoms. The lowest BCUT2D eigenvalue weighted by atomic mass is 10.2. The molecule has 146 valence electrons. The standard InChI is InChI=1S/C20H20N2O5S/c1-4-27-19(24)13(2)22-18(23)17(28-20(22)25)12-15-6-5-11-21(15)14-7-9-16(26-3)10-8-14/h5-13H,4H2,1-3H3. The molecule has 0 radical (unpaired) electrons. The van der Waals surface area contributed by atoms with Crippen LogP contribution in [0.2, 0.25) is 0 Å². The van der Waals surface area contributed by atoms with Crippen molar-refractivity contribution in [3.63, 3.8) is 0 Å². The lowest BCUT2D eigenvalue weighted by Crippen LogP contribution is -2.42. The van der Waals surface area contributed by atoms with Crippen LogP contribution in [0.25, 0.3) is 11.8 Å². The fourth-order valence-corrected chi connectivity index (χ4v) is 3.70. The first-order valence-corrected chi connectivity index (χ1v) is 9.53. The van der Waals surface area contributed by atoms with Crippen LogP contribution in [0.15, 0.2) is 47.5 Å². The average Bonchev–Trinajstić information content (AvgIpc) is 3.26. The second-order valence-corrected chi connectivity index (χ2v) is 6.97. The second-order valence-electron chi connectivity index (χ2n) is 5.98. The Hall–Kier alpha value is -3.00. The van der Waals surface area contributed by atoms with Gasteiger partial charge in [-0.3, -0.25) is 14.5 Å². The van der Waals surface area contributed by atoms with Gasteiger partial charge >= 0.3 is 5.97 Å². The van der Waals surface area contributed by atoms with E-state index in [1.807, 2.05) is 47.2 Å². The number of carbonyl (C=O) groups excluding carboxylic acids is 3. The Labute approximate surface area is 166 Å². The Morgan fingerprint density at radius 1 is 1.21 bits per heavy atom. The molecule has 0 N–H and O–H groups in total. The van der Waals surface area contributed by atoms with Crippen LogP contribution in [0.5, 0.6) is 5.75 Å². The van der Waals surface area contributed by atoms with Crippen LogP contribution >= 0.6 is 11.8 Å². The molecule has 3 rings (SSSR count). The number of methoxy groups -OCH3 is 1. The predicted molar refractivity (Wildman–Crippen MR) is 106 cm³/mol. The zero-order valence-corrected chi connectivity index (χ0v) is 16.6. The highest BCUT2D eigenvalue weighted by Crippen LogP contribution is 2.34. The normalized spacial score (nSPS) is 16.5. The summed E-state index contributed by atoms with van der Waals surface area (Å²) in [5, 5.41) is -0.487. The zero-order valence-electron chi connectivity index (χ0n) is 15.7. The molecule has 0 bridgehead atoms. The summed E-state index contributed by atoms with van der Waals surface area (Å²) >= 11 is 0.811. The fraction of sp³-hybridized carbons (Fsp3) is 0.250. The Balaban J connectivity index is 1.87. The summed E-state index contributed by atoms with van der Waals surface area (Å²) in [7, 11) is 1.60.